The van der Waals surface area contributed by atoms with Gasteiger partial charge in [0.25, 0.3) is 0 Å². The largest absolute Gasteiger partial charge is 0.465 e. The lowest BCUT2D eigenvalue weighted by Crippen LogP contribution is -2.13. The van der Waals surface area contributed by atoms with Gasteiger partial charge >= 0.3 is 5.97 Å². The number of rotatable bonds is 4. The van der Waals surface area contributed by atoms with Gasteiger partial charge in [-0.15, -0.1) is 0 Å². The van der Waals surface area contributed by atoms with E-state index in [2.05, 4.69) is 20.7 Å². The number of benzene rings is 1. The fourth-order valence-electron chi connectivity index (χ4n) is 1.35. The standard InChI is InChI=1S/C11H12BrNO3/c1-16-11(15)10-7(9(14)5-6-12)3-2-4-8(10)13/h2-4H,5-6,13H2,1H3. The van der Waals surface area contributed by atoms with Crippen LogP contribution in [0.15, 0.2) is 18.2 Å². The van der Waals surface area contributed by atoms with E-state index in [0.717, 1.165) is 0 Å². The van der Waals surface area contributed by atoms with Crippen molar-refractivity contribution in [2.75, 3.05) is 18.2 Å². The van der Waals surface area contributed by atoms with Crippen LogP contribution >= 0.6 is 15.9 Å². The zero-order valence-corrected chi connectivity index (χ0v) is 10.4. The van der Waals surface area contributed by atoms with Gasteiger partial charge in [0.1, 0.15) is 0 Å². The number of methoxy groups -OCH3 is 1. The lowest BCUT2D eigenvalue weighted by Gasteiger charge is -2.08. The SMILES string of the molecule is COC(=O)c1c(N)cccc1C(=O)CCBr. The molecule has 16 heavy (non-hydrogen) atoms. The summed E-state index contributed by atoms with van der Waals surface area (Å²) >= 11 is 3.18. The van der Waals surface area contributed by atoms with Gasteiger partial charge in [-0.25, -0.2) is 4.79 Å². The van der Waals surface area contributed by atoms with Crippen LogP contribution in [0.2, 0.25) is 0 Å². The van der Waals surface area contributed by atoms with Crippen LogP contribution in [0.3, 0.4) is 0 Å². The van der Waals surface area contributed by atoms with Gasteiger partial charge in [0, 0.05) is 23.0 Å². The van der Waals surface area contributed by atoms with Crippen LogP contribution in [-0.2, 0) is 4.74 Å². The molecule has 2 N–H and O–H groups in total. The highest BCUT2D eigenvalue weighted by Crippen LogP contribution is 2.19. The molecule has 0 bridgehead atoms. The van der Waals surface area contributed by atoms with E-state index in [-0.39, 0.29) is 17.0 Å². The molecule has 0 aliphatic carbocycles. The second-order valence-corrected chi connectivity index (χ2v) is 3.92. The van der Waals surface area contributed by atoms with E-state index in [1.807, 2.05) is 0 Å². The molecule has 0 aliphatic heterocycles. The third-order valence-corrected chi connectivity index (χ3v) is 2.50. The predicted molar refractivity (Wildman–Crippen MR) is 64.9 cm³/mol. The molecular weight excluding hydrogens is 274 g/mol. The number of hydrogen-bond acceptors (Lipinski definition) is 4. The number of carbonyl (C=O) groups is 2. The van der Waals surface area contributed by atoms with Crippen LogP contribution in [0.1, 0.15) is 27.1 Å². The van der Waals surface area contributed by atoms with E-state index in [1.165, 1.54) is 7.11 Å². The van der Waals surface area contributed by atoms with Crippen molar-refractivity contribution in [1.29, 1.82) is 0 Å². The van der Waals surface area contributed by atoms with Gasteiger partial charge in [-0.2, -0.15) is 0 Å². The number of ether oxygens (including phenoxy) is 1. The second kappa shape index (κ2) is 5.65. The molecule has 0 radical (unpaired) electrons. The fourth-order valence-corrected chi connectivity index (χ4v) is 1.71. The summed E-state index contributed by atoms with van der Waals surface area (Å²) in [7, 11) is 1.26. The van der Waals surface area contributed by atoms with Crippen LogP contribution in [-0.4, -0.2) is 24.2 Å². The number of Topliss-reactive ketones (excluding diaryl/α,β-unsaturated/α-hetero) is 1. The summed E-state index contributed by atoms with van der Waals surface area (Å²) in [5, 5.41) is 0.543. The maximum absolute atomic E-state index is 11.7. The summed E-state index contributed by atoms with van der Waals surface area (Å²) in [6.07, 6.45) is 0.313. The topological polar surface area (TPSA) is 69.4 Å². The first-order valence-electron chi connectivity index (χ1n) is 4.67. The molecule has 0 fully saturated rings. The fraction of sp³-hybridized carbons (Fsp3) is 0.273. The molecule has 4 nitrogen and oxygen atoms in total. The first kappa shape index (κ1) is 12.7. The Kier molecular flexibility index (Phi) is 4.49. The van der Waals surface area contributed by atoms with Crippen molar-refractivity contribution >= 4 is 33.4 Å². The second-order valence-electron chi connectivity index (χ2n) is 3.12. The maximum Gasteiger partial charge on any atom is 0.340 e. The first-order chi connectivity index (χ1) is 7.61. The average molecular weight is 286 g/mol. The van der Waals surface area contributed by atoms with Gasteiger partial charge in [-0.1, -0.05) is 28.1 Å². The summed E-state index contributed by atoms with van der Waals surface area (Å²) in [6, 6.07) is 4.79. The molecule has 5 heteroatoms. The molecule has 0 aromatic heterocycles. The lowest BCUT2D eigenvalue weighted by atomic mass is 10.0. The van der Waals surface area contributed by atoms with Crippen LogP contribution in [0, 0.1) is 0 Å². The van der Waals surface area contributed by atoms with Crippen LogP contribution in [0.5, 0.6) is 0 Å². The van der Waals surface area contributed by atoms with E-state index in [0.29, 0.717) is 17.3 Å². The van der Waals surface area contributed by atoms with Gasteiger partial charge < -0.3 is 10.5 Å². The maximum atomic E-state index is 11.7. The molecule has 0 amide bonds. The zero-order valence-electron chi connectivity index (χ0n) is 8.83. The third kappa shape index (κ3) is 2.61. The monoisotopic (exact) mass is 285 g/mol. The molecule has 1 aromatic rings. The zero-order chi connectivity index (χ0) is 12.1. The van der Waals surface area contributed by atoms with Gasteiger partial charge in [-0.05, 0) is 6.07 Å². The lowest BCUT2D eigenvalue weighted by molar-refractivity contribution is 0.0598. The Morgan fingerprint density at radius 1 is 1.44 bits per heavy atom. The summed E-state index contributed by atoms with van der Waals surface area (Å²) in [4.78, 5) is 23.2. The number of anilines is 1. The Morgan fingerprint density at radius 3 is 2.69 bits per heavy atom. The number of ketones is 1. The third-order valence-electron chi connectivity index (χ3n) is 2.11. The van der Waals surface area contributed by atoms with Crippen molar-refractivity contribution in [1.82, 2.24) is 0 Å². The van der Waals surface area contributed by atoms with Gasteiger partial charge in [0.05, 0.1) is 12.7 Å². The number of alkyl halides is 1. The van der Waals surface area contributed by atoms with Gasteiger partial charge in [-0.3, -0.25) is 4.79 Å². The Bertz CT molecular complexity index is 418. The highest BCUT2D eigenvalue weighted by atomic mass is 79.9. The summed E-state index contributed by atoms with van der Waals surface area (Å²) in [6.45, 7) is 0. The minimum Gasteiger partial charge on any atom is -0.465 e. The van der Waals surface area contributed by atoms with Crippen molar-refractivity contribution in [3.05, 3.63) is 29.3 Å². The summed E-state index contributed by atoms with van der Waals surface area (Å²) in [5.41, 5.74) is 6.38. The van der Waals surface area contributed by atoms with E-state index < -0.39 is 5.97 Å². The highest BCUT2D eigenvalue weighted by Gasteiger charge is 2.19. The van der Waals surface area contributed by atoms with Crippen LogP contribution in [0.4, 0.5) is 5.69 Å². The molecule has 0 saturated heterocycles. The minimum atomic E-state index is -0.587. The highest BCUT2D eigenvalue weighted by molar-refractivity contribution is 9.09. The normalized spacial score (nSPS) is 9.88. The van der Waals surface area contributed by atoms with E-state index in [9.17, 15) is 9.59 Å². The molecule has 0 spiro atoms. The molecular formula is C11H12BrNO3. The Morgan fingerprint density at radius 2 is 2.12 bits per heavy atom. The van der Waals surface area contributed by atoms with Crippen molar-refractivity contribution < 1.29 is 14.3 Å². The predicted octanol–water partition coefficient (Wildman–Crippen LogP) is 2.02. The number of esters is 1. The number of nitrogen functional groups attached to an aromatic ring is 1. The number of nitrogens with two attached hydrogens (primary N) is 1. The van der Waals surface area contributed by atoms with Crippen molar-refractivity contribution in [2.24, 2.45) is 0 Å². The van der Waals surface area contributed by atoms with E-state index in [4.69, 9.17) is 5.73 Å². The molecule has 1 rings (SSSR count). The smallest absolute Gasteiger partial charge is 0.340 e. The van der Waals surface area contributed by atoms with Crippen molar-refractivity contribution in [3.63, 3.8) is 0 Å². The summed E-state index contributed by atoms with van der Waals surface area (Å²) in [5.74, 6) is -0.722. The molecule has 1 aromatic carbocycles. The molecule has 0 atom stereocenters. The molecule has 0 heterocycles. The average Bonchev–Trinajstić information content (AvgIpc) is 2.28. The van der Waals surface area contributed by atoms with Crippen molar-refractivity contribution in [3.8, 4) is 0 Å². The number of halogens is 1. The quantitative estimate of drug-likeness (QED) is 0.398. The van der Waals surface area contributed by atoms with E-state index in [1.54, 1.807) is 18.2 Å². The first-order valence-corrected chi connectivity index (χ1v) is 5.80. The molecule has 0 unspecified atom stereocenters. The Hall–Kier alpha value is -1.36. The van der Waals surface area contributed by atoms with Gasteiger partial charge in [0.15, 0.2) is 5.78 Å². The number of carbonyl (C=O) groups excluding carboxylic acids is 2. The Labute approximate surface area is 102 Å². The van der Waals surface area contributed by atoms with E-state index >= 15 is 0 Å². The van der Waals surface area contributed by atoms with Crippen molar-refractivity contribution in [2.45, 2.75) is 6.42 Å². The van der Waals surface area contributed by atoms with Crippen LogP contribution in [0.25, 0.3) is 0 Å². The van der Waals surface area contributed by atoms with Crippen LogP contribution < -0.4 is 5.73 Å². The molecule has 0 aliphatic rings. The summed E-state index contributed by atoms with van der Waals surface area (Å²) < 4.78 is 4.60. The Balaban J connectivity index is 3.22. The molecule has 86 valence electrons. The van der Waals surface area contributed by atoms with Gasteiger partial charge in [0.2, 0.25) is 0 Å². The molecule has 0 saturated carbocycles. The number of hydrogen-bond donors (Lipinski definition) is 1. The minimum absolute atomic E-state index is 0.135.